The number of amides is 1. The van der Waals surface area contributed by atoms with E-state index >= 15 is 0 Å². The van der Waals surface area contributed by atoms with Crippen molar-refractivity contribution in [2.24, 2.45) is 0 Å². The smallest absolute Gasteiger partial charge is 0.254 e. The quantitative estimate of drug-likeness (QED) is 0.899. The van der Waals surface area contributed by atoms with Gasteiger partial charge in [0, 0.05) is 31.4 Å². The highest BCUT2D eigenvalue weighted by molar-refractivity contribution is 5.94. The number of carbonyl (C=O) groups is 1. The summed E-state index contributed by atoms with van der Waals surface area (Å²) in [5.41, 5.74) is 0.683. The van der Waals surface area contributed by atoms with Crippen LogP contribution in [-0.2, 0) is 4.74 Å². The number of ether oxygens (including phenoxy) is 1. The minimum Gasteiger partial charge on any atom is -0.375 e. The Morgan fingerprint density at radius 2 is 2.47 bits per heavy atom. The fourth-order valence-corrected chi connectivity index (χ4v) is 2.10. The van der Waals surface area contributed by atoms with E-state index < -0.39 is 0 Å². The Hall–Kier alpha value is -1.62. The minimum absolute atomic E-state index is 0.0529. The molecule has 1 saturated heterocycles. The molecule has 1 amide bonds. The van der Waals surface area contributed by atoms with Crippen LogP contribution in [0, 0.1) is 0 Å². The van der Waals surface area contributed by atoms with Crippen LogP contribution >= 0.6 is 0 Å². The second kappa shape index (κ2) is 6.52. The topological polar surface area (TPSA) is 54.5 Å². The summed E-state index contributed by atoms with van der Waals surface area (Å²) in [6, 6.07) is 3.58. The van der Waals surface area contributed by atoms with Crippen molar-refractivity contribution < 1.29 is 9.53 Å². The number of morpholine rings is 1. The molecular weight excluding hydrogens is 242 g/mol. The molecule has 2 rings (SSSR count). The molecule has 1 aromatic heterocycles. The number of rotatable bonds is 4. The number of carbonyl (C=O) groups excluding carboxylic acids is 1. The highest BCUT2D eigenvalue weighted by Gasteiger charge is 2.22. The molecule has 5 heteroatoms. The van der Waals surface area contributed by atoms with E-state index in [4.69, 9.17) is 4.74 Å². The van der Waals surface area contributed by atoms with Crippen LogP contribution in [0.25, 0.3) is 0 Å². The Morgan fingerprint density at radius 1 is 1.63 bits per heavy atom. The SMILES string of the molecule is CCCNc1cc(C(=O)N2CCOC(C)C2)ccn1. The van der Waals surface area contributed by atoms with Gasteiger partial charge in [0.05, 0.1) is 12.7 Å². The Bertz CT molecular complexity index is 436. The summed E-state index contributed by atoms with van der Waals surface area (Å²) in [6.45, 7) is 6.86. The zero-order valence-electron chi connectivity index (χ0n) is 11.6. The molecule has 1 atom stereocenters. The zero-order chi connectivity index (χ0) is 13.7. The molecule has 2 heterocycles. The molecule has 1 fully saturated rings. The number of anilines is 1. The van der Waals surface area contributed by atoms with Gasteiger partial charge in [0.15, 0.2) is 0 Å². The van der Waals surface area contributed by atoms with Gasteiger partial charge in [-0.3, -0.25) is 4.79 Å². The van der Waals surface area contributed by atoms with Gasteiger partial charge in [-0.15, -0.1) is 0 Å². The van der Waals surface area contributed by atoms with Crippen LogP contribution in [0.4, 0.5) is 5.82 Å². The van der Waals surface area contributed by atoms with E-state index in [1.54, 1.807) is 12.3 Å². The van der Waals surface area contributed by atoms with Crippen LogP contribution in [0.3, 0.4) is 0 Å². The third kappa shape index (κ3) is 3.67. The third-order valence-electron chi connectivity index (χ3n) is 3.09. The van der Waals surface area contributed by atoms with E-state index in [9.17, 15) is 4.79 Å². The van der Waals surface area contributed by atoms with Gasteiger partial charge in [-0.05, 0) is 25.5 Å². The zero-order valence-corrected chi connectivity index (χ0v) is 11.6. The lowest BCUT2D eigenvalue weighted by atomic mass is 10.2. The summed E-state index contributed by atoms with van der Waals surface area (Å²) in [4.78, 5) is 18.4. The first kappa shape index (κ1) is 13.8. The standard InChI is InChI=1S/C14H21N3O2/c1-3-5-15-13-9-12(4-6-16-13)14(18)17-7-8-19-11(2)10-17/h4,6,9,11H,3,5,7-8,10H2,1-2H3,(H,15,16). The molecule has 5 nitrogen and oxygen atoms in total. The monoisotopic (exact) mass is 263 g/mol. The van der Waals surface area contributed by atoms with Gasteiger partial charge < -0.3 is 15.0 Å². The van der Waals surface area contributed by atoms with Crippen LogP contribution in [0.2, 0.25) is 0 Å². The normalized spacial score (nSPS) is 19.3. The second-order valence-electron chi connectivity index (χ2n) is 4.79. The summed E-state index contributed by atoms with van der Waals surface area (Å²) in [7, 11) is 0. The number of pyridine rings is 1. The first-order chi connectivity index (χ1) is 9.20. The van der Waals surface area contributed by atoms with Crippen molar-refractivity contribution >= 4 is 11.7 Å². The van der Waals surface area contributed by atoms with E-state index in [2.05, 4.69) is 17.2 Å². The molecule has 19 heavy (non-hydrogen) atoms. The molecule has 0 bridgehead atoms. The molecular formula is C14H21N3O2. The van der Waals surface area contributed by atoms with Crippen LogP contribution < -0.4 is 5.32 Å². The maximum absolute atomic E-state index is 12.4. The van der Waals surface area contributed by atoms with Crippen molar-refractivity contribution in [2.75, 3.05) is 31.6 Å². The van der Waals surface area contributed by atoms with Gasteiger partial charge in [0.1, 0.15) is 5.82 Å². The summed E-state index contributed by atoms with van der Waals surface area (Å²) < 4.78 is 5.45. The Kier molecular flexibility index (Phi) is 4.74. The first-order valence-corrected chi connectivity index (χ1v) is 6.81. The fourth-order valence-electron chi connectivity index (χ4n) is 2.10. The number of hydrogen-bond donors (Lipinski definition) is 1. The minimum atomic E-state index is 0.0529. The summed E-state index contributed by atoms with van der Waals surface area (Å²) in [5.74, 6) is 0.811. The molecule has 1 aliphatic heterocycles. The Morgan fingerprint density at radius 3 is 3.21 bits per heavy atom. The van der Waals surface area contributed by atoms with Gasteiger partial charge in [-0.2, -0.15) is 0 Å². The molecule has 1 unspecified atom stereocenters. The number of nitrogens with zero attached hydrogens (tertiary/aromatic N) is 2. The van der Waals surface area contributed by atoms with Crippen LogP contribution in [0.5, 0.6) is 0 Å². The summed E-state index contributed by atoms with van der Waals surface area (Å²) in [5, 5.41) is 3.19. The number of hydrogen-bond acceptors (Lipinski definition) is 4. The first-order valence-electron chi connectivity index (χ1n) is 6.81. The molecule has 0 aromatic carbocycles. The van der Waals surface area contributed by atoms with E-state index in [-0.39, 0.29) is 12.0 Å². The van der Waals surface area contributed by atoms with Crippen LogP contribution in [0.15, 0.2) is 18.3 Å². The van der Waals surface area contributed by atoms with Gasteiger partial charge >= 0.3 is 0 Å². The number of nitrogens with one attached hydrogen (secondary N) is 1. The predicted molar refractivity (Wildman–Crippen MR) is 74.3 cm³/mol. The second-order valence-corrected chi connectivity index (χ2v) is 4.79. The molecule has 0 aliphatic carbocycles. The molecule has 0 saturated carbocycles. The predicted octanol–water partition coefficient (Wildman–Crippen LogP) is 1.76. The van der Waals surface area contributed by atoms with E-state index in [1.807, 2.05) is 17.9 Å². The largest absolute Gasteiger partial charge is 0.375 e. The maximum Gasteiger partial charge on any atom is 0.254 e. The van der Waals surface area contributed by atoms with Gasteiger partial charge in [0.2, 0.25) is 0 Å². The third-order valence-corrected chi connectivity index (χ3v) is 3.09. The molecule has 0 radical (unpaired) electrons. The average Bonchev–Trinajstić information content (AvgIpc) is 2.44. The average molecular weight is 263 g/mol. The Labute approximate surface area is 114 Å². The lowest BCUT2D eigenvalue weighted by molar-refractivity contribution is -0.0124. The fraction of sp³-hybridized carbons (Fsp3) is 0.571. The van der Waals surface area contributed by atoms with Crippen LogP contribution in [0.1, 0.15) is 30.6 Å². The lowest BCUT2D eigenvalue weighted by Crippen LogP contribution is -2.44. The van der Waals surface area contributed by atoms with Crippen molar-refractivity contribution in [3.63, 3.8) is 0 Å². The van der Waals surface area contributed by atoms with Crippen molar-refractivity contribution in [3.05, 3.63) is 23.9 Å². The highest BCUT2D eigenvalue weighted by atomic mass is 16.5. The molecule has 1 aromatic rings. The van der Waals surface area contributed by atoms with Crippen molar-refractivity contribution in [1.82, 2.24) is 9.88 Å². The summed E-state index contributed by atoms with van der Waals surface area (Å²) in [6.07, 6.45) is 2.81. The molecule has 104 valence electrons. The highest BCUT2D eigenvalue weighted by Crippen LogP contribution is 2.13. The lowest BCUT2D eigenvalue weighted by Gasteiger charge is -2.31. The van der Waals surface area contributed by atoms with Crippen molar-refractivity contribution in [3.8, 4) is 0 Å². The van der Waals surface area contributed by atoms with Gasteiger partial charge in [-0.1, -0.05) is 6.92 Å². The molecule has 1 aliphatic rings. The van der Waals surface area contributed by atoms with Gasteiger partial charge in [0.25, 0.3) is 5.91 Å². The van der Waals surface area contributed by atoms with E-state index in [0.29, 0.717) is 25.3 Å². The van der Waals surface area contributed by atoms with Gasteiger partial charge in [-0.25, -0.2) is 4.98 Å². The van der Waals surface area contributed by atoms with Crippen LogP contribution in [-0.4, -0.2) is 48.1 Å². The molecule has 1 N–H and O–H groups in total. The summed E-state index contributed by atoms with van der Waals surface area (Å²) >= 11 is 0. The number of aromatic nitrogens is 1. The van der Waals surface area contributed by atoms with E-state index in [0.717, 1.165) is 18.8 Å². The van der Waals surface area contributed by atoms with Crippen molar-refractivity contribution in [1.29, 1.82) is 0 Å². The molecule has 0 spiro atoms. The van der Waals surface area contributed by atoms with E-state index in [1.165, 1.54) is 0 Å². The van der Waals surface area contributed by atoms with Crippen molar-refractivity contribution in [2.45, 2.75) is 26.4 Å². The maximum atomic E-state index is 12.4. The Balaban J connectivity index is 2.05.